The summed E-state index contributed by atoms with van der Waals surface area (Å²) in [5.41, 5.74) is 15.9. The molecule has 15 heterocycles. The molecule has 0 unspecified atom stereocenters. The van der Waals surface area contributed by atoms with E-state index in [1.54, 1.807) is 30.3 Å². The van der Waals surface area contributed by atoms with Crippen molar-refractivity contribution in [2.45, 2.75) is 298 Å². The molecule has 12 aliphatic rings. The van der Waals surface area contributed by atoms with Crippen LogP contribution in [0.25, 0.3) is 0 Å². The van der Waals surface area contributed by atoms with Crippen molar-refractivity contribution in [1.82, 2.24) is 39.5 Å². The first-order valence-electron chi connectivity index (χ1n) is 54.0. The largest absolute Gasteiger partial charge is 0.480 e. The number of carbonyl (C=O) groups is 4. The van der Waals surface area contributed by atoms with Crippen LogP contribution >= 0.6 is 0 Å². The zero-order valence-electron chi connectivity index (χ0n) is 83.9. The van der Waals surface area contributed by atoms with E-state index in [0.29, 0.717) is 139 Å². The number of benzene rings is 4. The van der Waals surface area contributed by atoms with Crippen LogP contribution in [0.4, 0.5) is 35.0 Å². The first-order valence-corrected chi connectivity index (χ1v) is 54.0. The zero-order chi connectivity index (χ0) is 100. The minimum absolute atomic E-state index is 0.00772. The van der Waals surface area contributed by atoms with Crippen LogP contribution < -0.4 is 16.0 Å². The topological polar surface area (TPSA) is 324 Å². The number of hydrogen-bond donors (Lipinski definition) is 7. The van der Waals surface area contributed by atoms with Crippen molar-refractivity contribution in [1.29, 1.82) is 0 Å². The molecule has 11 aliphatic heterocycles. The summed E-state index contributed by atoms with van der Waals surface area (Å²) in [6.07, 6.45) is 33.0. The Morgan fingerprint density at radius 1 is 0.338 bits per heavy atom. The van der Waals surface area contributed by atoms with Gasteiger partial charge in [-0.3, -0.25) is 43.8 Å². The minimum atomic E-state index is -0.965. The van der Waals surface area contributed by atoms with E-state index in [-0.39, 0.29) is 54.6 Å². The van der Waals surface area contributed by atoms with Gasteiger partial charge in [-0.1, -0.05) is 54.6 Å². The van der Waals surface area contributed by atoms with Gasteiger partial charge in [0.05, 0.1) is 48.8 Å². The highest BCUT2D eigenvalue weighted by atomic mass is 19.1. The number of aromatic nitrogens is 4. The summed E-state index contributed by atoms with van der Waals surface area (Å²) in [5, 5.41) is 50.6. The number of carboxylic acid groups (broad SMARTS) is 4. The summed E-state index contributed by atoms with van der Waals surface area (Å²) in [6.45, 7) is 12.6. The van der Waals surface area contributed by atoms with Crippen molar-refractivity contribution in [3.8, 4) is 0 Å². The summed E-state index contributed by atoms with van der Waals surface area (Å²) < 4.78 is 105. The maximum absolute atomic E-state index is 14.9. The van der Waals surface area contributed by atoms with Gasteiger partial charge in [-0.25, -0.2) is 32.5 Å². The van der Waals surface area contributed by atoms with Gasteiger partial charge in [0.25, 0.3) is 0 Å². The van der Waals surface area contributed by atoms with Crippen molar-refractivity contribution in [2.24, 2.45) is 0 Å². The van der Waals surface area contributed by atoms with Crippen LogP contribution in [0, 0.1) is 23.3 Å². The molecule has 0 bridgehead atoms. The van der Waals surface area contributed by atoms with E-state index < -0.39 is 65.5 Å². The van der Waals surface area contributed by atoms with Crippen LogP contribution in [0.2, 0.25) is 0 Å². The summed E-state index contributed by atoms with van der Waals surface area (Å²) in [7, 11) is 0. The lowest BCUT2D eigenvalue weighted by Crippen LogP contribution is -2.35. The molecular formula is C114H147F4N11O16. The molecule has 145 heavy (non-hydrogen) atoms. The third-order valence-corrected chi connectivity index (χ3v) is 30.7. The molecule has 20 rings (SSSR count). The number of nitrogens with zero attached hydrogens (tertiary/aromatic N) is 8. The molecule has 27 nitrogen and oxygen atoms in total. The van der Waals surface area contributed by atoms with E-state index >= 15 is 0 Å². The van der Waals surface area contributed by atoms with E-state index in [9.17, 15) is 57.2 Å². The monoisotopic (exact) mass is 2000 g/mol. The zero-order valence-corrected chi connectivity index (χ0v) is 83.9. The molecule has 0 saturated carbocycles. The maximum Gasteiger partial charge on any atom is 0.325 e. The number of halogens is 4. The number of aliphatic carboxylic acids is 4. The Bertz CT molecular complexity index is 5190. The number of aryl methyl sites for hydroxylation is 9. The molecule has 12 atom stereocenters. The Morgan fingerprint density at radius 3 is 1.01 bits per heavy atom. The average molecular weight is 2000 g/mol. The van der Waals surface area contributed by atoms with Crippen molar-refractivity contribution < 1.29 is 95.1 Å². The van der Waals surface area contributed by atoms with E-state index in [4.69, 9.17) is 57.8 Å². The van der Waals surface area contributed by atoms with Crippen molar-refractivity contribution in [2.75, 3.05) is 141 Å². The van der Waals surface area contributed by atoms with E-state index in [1.807, 2.05) is 19.6 Å². The predicted molar refractivity (Wildman–Crippen MR) is 543 cm³/mol. The number of fused-ring (bicyclic) bond motifs is 4. The molecule has 31 heteroatoms. The summed E-state index contributed by atoms with van der Waals surface area (Å²) >= 11 is 0. The number of pyridine rings is 4. The summed E-state index contributed by atoms with van der Waals surface area (Å²) in [4.78, 5) is 76.2. The lowest BCUT2D eigenvalue weighted by atomic mass is 9.91. The van der Waals surface area contributed by atoms with Crippen LogP contribution in [0.3, 0.4) is 0 Å². The highest BCUT2D eigenvalue weighted by Crippen LogP contribution is 2.44. The van der Waals surface area contributed by atoms with Crippen LogP contribution in [-0.2, 0) is 115 Å². The fourth-order valence-corrected chi connectivity index (χ4v) is 23.2. The molecule has 1 aliphatic carbocycles. The normalized spacial score (nSPS) is 22.9. The molecule has 8 saturated heterocycles. The van der Waals surface area contributed by atoms with Crippen LogP contribution in [-0.4, -0.2) is 233 Å². The Hall–Kier alpha value is -10.0. The second-order valence-corrected chi connectivity index (χ2v) is 41.0. The smallest absolute Gasteiger partial charge is 0.325 e. The number of likely N-dealkylation sites (tertiary alicyclic amines) is 4. The first-order chi connectivity index (χ1) is 70.8. The van der Waals surface area contributed by atoms with E-state index in [2.05, 4.69) is 64.5 Å². The van der Waals surface area contributed by atoms with E-state index in [0.717, 1.165) is 276 Å². The quantitative estimate of drug-likeness (QED) is 0.0139. The molecule has 0 spiro atoms. The van der Waals surface area contributed by atoms with Crippen molar-refractivity contribution in [3.63, 3.8) is 0 Å². The number of rotatable bonds is 40. The van der Waals surface area contributed by atoms with Crippen molar-refractivity contribution >= 4 is 41.3 Å². The van der Waals surface area contributed by atoms with Gasteiger partial charge in [0.15, 0.2) is 0 Å². The van der Waals surface area contributed by atoms with Gasteiger partial charge in [0.2, 0.25) is 0 Å². The van der Waals surface area contributed by atoms with Crippen molar-refractivity contribution in [3.05, 3.63) is 240 Å². The lowest BCUT2D eigenvalue weighted by molar-refractivity contribution is -0.144. The minimum Gasteiger partial charge on any atom is -0.480 e. The van der Waals surface area contributed by atoms with Gasteiger partial charge in [-0.2, -0.15) is 0 Å². The number of unbranched alkanes of at least 4 members (excludes halogenated alkanes) is 4. The van der Waals surface area contributed by atoms with Crippen LogP contribution in [0.1, 0.15) is 311 Å². The fourth-order valence-electron chi connectivity index (χ4n) is 23.2. The highest BCUT2D eigenvalue weighted by molar-refractivity contribution is 5.78. The van der Waals surface area contributed by atoms with Gasteiger partial charge in [-0.15, -0.1) is 0 Å². The van der Waals surface area contributed by atoms with E-state index in [1.165, 1.54) is 88.9 Å². The van der Waals surface area contributed by atoms with Gasteiger partial charge >= 0.3 is 23.9 Å². The number of carboxylic acids is 4. The van der Waals surface area contributed by atoms with Crippen LogP contribution in [0.5, 0.6) is 0 Å². The molecule has 0 amide bonds. The Kier molecular flexibility index (Phi) is 39.0. The van der Waals surface area contributed by atoms with Crippen LogP contribution in [0.15, 0.2) is 121 Å². The Morgan fingerprint density at radius 2 is 0.662 bits per heavy atom. The third-order valence-electron chi connectivity index (χ3n) is 30.7. The highest BCUT2D eigenvalue weighted by Gasteiger charge is 2.43. The number of ether oxygens (including phenoxy) is 8. The lowest BCUT2D eigenvalue weighted by Gasteiger charge is -2.30. The number of anilines is 3. The molecule has 4 aromatic heterocycles. The molecule has 4 aromatic carbocycles. The SMILES string of the molecule is O=C(O)[C@@H](c1cc(F)ccc1[C@@H]1CCCO1)N1CC[C@@H](OCCCCc2ccc3c(n2)NCCC3)C1.O=C(O)[C@@H](c1cc(F)ccc1[C@H]1CCCO1)N1CC[C@@H](OCCCCc2ccc3c(n2)NCCC3)C1.O=C(O)[C@@H](c1cccc(F)c1[C@@H]1CCCCO1)N1CC[C@@H](OCCCCc2ccc3c(n2)CCCC3)C1.O=C(O)[C@H](c1cc(F)ccc1[C@@H]1CCCO1)N1CC[C@@H](OCCCCc2ccc3c(n2)NCCC3)C1. The average Bonchev–Trinajstić information content (AvgIpc) is 1.72. The second kappa shape index (κ2) is 53.2. The van der Waals surface area contributed by atoms with Gasteiger partial charge in [-0.05, 0) is 353 Å². The number of nitrogens with one attached hydrogen (secondary N) is 3. The van der Waals surface area contributed by atoms with Gasteiger partial charge in [0.1, 0.15) is 64.9 Å². The second-order valence-electron chi connectivity index (χ2n) is 41.0. The molecule has 0 radical (unpaired) electrons. The maximum atomic E-state index is 14.9. The molecule has 8 aromatic rings. The molecular weight excluding hydrogens is 1860 g/mol. The third kappa shape index (κ3) is 28.9. The Labute approximate surface area is 849 Å². The summed E-state index contributed by atoms with van der Waals surface area (Å²) in [6, 6.07) is 31.9. The number of hydrogen-bond acceptors (Lipinski definition) is 23. The molecule has 782 valence electrons. The first kappa shape index (κ1) is 106. The molecule has 8 fully saturated rings. The van der Waals surface area contributed by atoms with Gasteiger partial charge < -0.3 is 74.3 Å². The predicted octanol–water partition coefficient (Wildman–Crippen LogP) is 19.6. The summed E-state index contributed by atoms with van der Waals surface area (Å²) in [5.74, 6) is -2.39. The fraction of sp³-hybridized carbons (Fsp3) is 0.579. The standard InChI is InChI=1S/C30H39FN2O4.3C28H36FN3O4/c31-25-11-7-10-24(28(25)27-13-4-6-19-37-27)29(30(34)35)33-17-16-23(20-33)36-18-5-3-9-22-15-14-21-8-1-2-12-26(21)32-22;3*29-20-9-11-23(25-7-4-16-36-25)24(17-20)26(28(33)34)32-14-12-22(18-32)35-15-2-1-6-21-10-8-19-5-3-13-30-27(19)31-21/h7,10-11,14-15,23,27,29H,1-6,8-9,12-13,16-20H2,(H,34,35);3*8-11,17,22,25-26H,1-7,12-16,18H2,(H,30,31)(H,33,34)/t23-,27+,29-;22-,25+,26+;22-,25+,26-;22-,25-,26-/m1111/s1. The Balaban J connectivity index is 0.000000132. The molecule has 7 N–H and O–H groups in total. The van der Waals surface area contributed by atoms with Gasteiger partial charge in [0, 0.05) is 159 Å².